The summed E-state index contributed by atoms with van der Waals surface area (Å²) in [5.41, 5.74) is 1.53. The Morgan fingerprint density at radius 2 is 0.517 bits per heavy atom. The fourth-order valence-electron chi connectivity index (χ4n) is 8.76. The van der Waals surface area contributed by atoms with Crippen molar-refractivity contribution in [1.82, 2.24) is 0 Å². The van der Waals surface area contributed by atoms with Crippen molar-refractivity contribution in [2.24, 2.45) is 0 Å². The van der Waals surface area contributed by atoms with E-state index in [4.69, 9.17) is 0 Å². The number of hydrogen-bond acceptors (Lipinski definition) is 3. The van der Waals surface area contributed by atoms with Gasteiger partial charge in [-0.1, -0.05) is 278 Å². The van der Waals surface area contributed by atoms with Gasteiger partial charge in [0.05, 0.1) is 0 Å². The largest absolute Gasteiger partial charge is 0.125 e. The second-order valence-electron chi connectivity index (χ2n) is 18.9. The second-order valence-corrected chi connectivity index (χ2v) is 22.2. The van der Waals surface area contributed by atoms with Crippen molar-refractivity contribution in [1.29, 1.82) is 0 Å². The maximum absolute atomic E-state index is 4.26. The molecule has 1 aromatic carbocycles. The standard InChI is InChI=1S/C57H107S3/c1-5-9-12-15-18-21-24-27-30-33-36-39-42-45-49-58-55-52-54(48-8-4)53-56(59-50-46-43-40-37-34-31-28-25-22-19-16-13-10-6-2)57(55)60-51-47-44-41-38-35-32-29-26-23-20-17-14-11-7-3/h52-53H,4-51H2,1-3H3. The fraction of sp³-hybridized carbons (Fsp3) is 0.877. The third-order valence-electron chi connectivity index (χ3n) is 12.8. The third-order valence-corrected chi connectivity index (χ3v) is 16.5. The van der Waals surface area contributed by atoms with E-state index in [-0.39, 0.29) is 0 Å². The highest BCUT2D eigenvalue weighted by molar-refractivity contribution is 8.03. The van der Waals surface area contributed by atoms with Crippen molar-refractivity contribution < 1.29 is 0 Å². The lowest BCUT2D eigenvalue weighted by Crippen LogP contribution is -1.94. The molecule has 0 nitrogen and oxygen atoms in total. The summed E-state index contributed by atoms with van der Waals surface area (Å²) in [6, 6.07) is 5.15. The average molecular weight is 889 g/mol. The molecule has 0 saturated carbocycles. The van der Waals surface area contributed by atoms with E-state index in [9.17, 15) is 0 Å². The molecule has 0 aliphatic rings. The Morgan fingerprint density at radius 1 is 0.300 bits per heavy atom. The molecule has 0 heterocycles. The molecule has 0 N–H and O–H groups in total. The van der Waals surface area contributed by atoms with Crippen molar-refractivity contribution in [3.05, 3.63) is 24.6 Å². The third kappa shape index (κ3) is 38.7. The van der Waals surface area contributed by atoms with Gasteiger partial charge in [0.2, 0.25) is 0 Å². The van der Waals surface area contributed by atoms with E-state index in [1.807, 2.05) is 0 Å². The number of benzene rings is 1. The first-order valence-electron chi connectivity index (χ1n) is 27.6. The zero-order valence-corrected chi connectivity index (χ0v) is 43.8. The van der Waals surface area contributed by atoms with E-state index in [2.05, 4.69) is 75.1 Å². The minimum atomic E-state index is 0.998. The molecule has 60 heavy (non-hydrogen) atoms. The highest BCUT2D eigenvalue weighted by Crippen LogP contribution is 2.41. The molecule has 1 radical (unpaired) electrons. The van der Waals surface area contributed by atoms with Gasteiger partial charge in [0.15, 0.2) is 0 Å². The predicted octanol–water partition coefficient (Wildman–Crippen LogP) is 22.2. The Balaban J connectivity index is 2.49. The highest BCUT2D eigenvalue weighted by Gasteiger charge is 2.14. The van der Waals surface area contributed by atoms with Crippen LogP contribution in [-0.2, 0) is 6.42 Å². The first-order valence-corrected chi connectivity index (χ1v) is 30.6. The Labute approximate surface area is 392 Å². The molecule has 353 valence electrons. The lowest BCUT2D eigenvalue weighted by atomic mass is 10.0. The van der Waals surface area contributed by atoms with Gasteiger partial charge in [-0.25, -0.2) is 0 Å². The van der Waals surface area contributed by atoms with Crippen LogP contribution in [0.5, 0.6) is 0 Å². The van der Waals surface area contributed by atoms with Crippen molar-refractivity contribution in [2.45, 2.75) is 318 Å². The van der Waals surface area contributed by atoms with Gasteiger partial charge in [-0.3, -0.25) is 0 Å². The summed E-state index contributed by atoms with van der Waals surface area (Å²) in [5, 5.41) is 0. The van der Waals surface area contributed by atoms with E-state index < -0.39 is 0 Å². The Morgan fingerprint density at radius 3 is 0.750 bits per heavy atom. The van der Waals surface area contributed by atoms with Gasteiger partial charge in [-0.05, 0) is 67.1 Å². The highest BCUT2D eigenvalue weighted by atomic mass is 32.2. The SMILES string of the molecule is [CH2]CCc1cc(SCCCCCCCCCCCCCCCC)c(SCCCCCCCCCCCCCCCC)c(SCCCCCCCCCCCCCCCC)c1. The molecular weight excluding hydrogens is 781 g/mol. The summed E-state index contributed by atoms with van der Waals surface area (Å²) in [4.78, 5) is 4.81. The van der Waals surface area contributed by atoms with Crippen LogP contribution in [-0.4, -0.2) is 17.3 Å². The van der Waals surface area contributed by atoms with Crippen LogP contribution in [0.3, 0.4) is 0 Å². The summed E-state index contributed by atoms with van der Waals surface area (Å²) in [6.07, 6.45) is 62.6. The van der Waals surface area contributed by atoms with E-state index in [0.717, 1.165) is 12.8 Å². The van der Waals surface area contributed by atoms with Crippen molar-refractivity contribution in [3.8, 4) is 0 Å². The van der Waals surface area contributed by atoms with Gasteiger partial charge in [0, 0.05) is 14.7 Å². The fourth-order valence-corrected chi connectivity index (χ4v) is 12.6. The van der Waals surface area contributed by atoms with Crippen LogP contribution >= 0.6 is 35.3 Å². The van der Waals surface area contributed by atoms with Crippen LogP contribution in [0.1, 0.15) is 302 Å². The molecule has 0 unspecified atom stereocenters. The van der Waals surface area contributed by atoms with Gasteiger partial charge < -0.3 is 0 Å². The van der Waals surface area contributed by atoms with E-state index in [1.54, 1.807) is 14.7 Å². The molecule has 0 aromatic heterocycles. The summed E-state index contributed by atoms with van der Waals surface area (Å²) in [6.45, 7) is 11.2. The van der Waals surface area contributed by atoms with Gasteiger partial charge >= 0.3 is 0 Å². The Kier molecular flexibility index (Phi) is 47.3. The molecule has 0 atom stereocenters. The first kappa shape index (κ1) is 58.3. The zero-order chi connectivity index (χ0) is 43.1. The minimum absolute atomic E-state index is 0.998. The van der Waals surface area contributed by atoms with Gasteiger partial charge in [0.25, 0.3) is 0 Å². The van der Waals surface area contributed by atoms with Crippen LogP contribution in [0.4, 0.5) is 0 Å². The van der Waals surface area contributed by atoms with Gasteiger partial charge in [-0.15, -0.1) is 35.3 Å². The monoisotopic (exact) mass is 888 g/mol. The van der Waals surface area contributed by atoms with Crippen LogP contribution in [0.25, 0.3) is 0 Å². The molecule has 1 rings (SSSR count). The quantitative estimate of drug-likeness (QED) is 0.0473. The number of rotatable bonds is 50. The maximum atomic E-state index is 4.26. The molecule has 0 aliphatic heterocycles. The second kappa shape index (κ2) is 48.7. The lowest BCUT2D eigenvalue weighted by Gasteiger charge is -2.17. The topological polar surface area (TPSA) is 0 Å². The summed E-state index contributed by atoms with van der Waals surface area (Å²) in [5.74, 6) is 3.84. The number of aryl methyl sites for hydroxylation is 1. The van der Waals surface area contributed by atoms with Crippen molar-refractivity contribution in [2.75, 3.05) is 17.3 Å². The predicted molar refractivity (Wildman–Crippen MR) is 283 cm³/mol. The average Bonchev–Trinajstić information content (AvgIpc) is 3.25. The molecule has 0 fully saturated rings. The van der Waals surface area contributed by atoms with Gasteiger partial charge in [0.1, 0.15) is 0 Å². The summed E-state index contributed by atoms with van der Waals surface area (Å²) < 4.78 is 0. The van der Waals surface area contributed by atoms with E-state index >= 15 is 0 Å². The summed E-state index contributed by atoms with van der Waals surface area (Å²) >= 11 is 6.57. The first-order chi connectivity index (χ1) is 29.8. The number of hydrogen-bond donors (Lipinski definition) is 0. The van der Waals surface area contributed by atoms with Crippen LogP contribution in [0.2, 0.25) is 0 Å². The van der Waals surface area contributed by atoms with Crippen LogP contribution < -0.4 is 0 Å². The summed E-state index contributed by atoms with van der Waals surface area (Å²) in [7, 11) is 0. The maximum Gasteiger partial charge on any atom is 0.0344 e. The number of thioether (sulfide) groups is 3. The van der Waals surface area contributed by atoms with Gasteiger partial charge in [-0.2, -0.15) is 0 Å². The molecule has 0 spiro atoms. The zero-order valence-electron chi connectivity index (χ0n) is 41.3. The molecular formula is C57H107S3. The minimum Gasteiger partial charge on any atom is -0.125 e. The van der Waals surface area contributed by atoms with Crippen LogP contribution in [0.15, 0.2) is 26.8 Å². The van der Waals surface area contributed by atoms with Crippen molar-refractivity contribution in [3.63, 3.8) is 0 Å². The molecule has 0 amide bonds. The molecule has 0 aliphatic carbocycles. The van der Waals surface area contributed by atoms with Crippen molar-refractivity contribution >= 4 is 35.3 Å². The molecule has 0 saturated heterocycles. The molecule has 1 aromatic rings. The molecule has 0 bridgehead atoms. The normalized spacial score (nSPS) is 11.7. The van der Waals surface area contributed by atoms with Crippen LogP contribution in [0, 0.1) is 6.92 Å². The van der Waals surface area contributed by atoms with E-state index in [1.165, 1.54) is 292 Å². The van der Waals surface area contributed by atoms with E-state index in [0.29, 0.717) is 0 Å². The smallest absolute Gasteiger partial charge is 0.0344 e. The Hall–Kier alpha value is 0.270. The number of unbranched alkanes of at least 4 members (excludes halogenated alkanes) is 39. The Bertz CT molecular complexity index is 919. The lowest BCUT2D eigenvalue weighted by molar-refractivity contribution is 0.538. The molecule has 3 heteroatoms.